The van der Waals surface area contributed by atoms with E-state index in [1.165, 1.54) is 12.1 Å². The molecule has 3 rings (SSSR count). The van der Waals surface area contributed by atoms with Gasteiger partial charge in [0.2, 0.25) is 5.88 Å². The van der Waals surface area contributed by atoms with Gasteiger partial charge < -0.3 is 15.2 Å². The molecule has 2 aromatic heterocycles. The van der Waals surface area contributed by atoms with Crippen molar-refractivity contribution in [3.05, 3.63) is 102 Å². The molecule has 0 amide bonds. The Hall–Kier alpha value is -3.67. The molecule has 0 fully saturated rings. The van der Waals surface area contributed by atoms with Crippen LogP contribution in [-0.2, 0) is 17.6 Å². The van der Waals surface area contributed by atoms with Crippen LogP contribution in [0.15, 0.2) is 79.0 Å². The van der Waals surface area contributed by atoms with E-state index >= 15 is 0 Å². The SMILES string of the molecule is C=C(/C=C(\OC)c1cccnc1N)Cc1cccc(OCCc2cccc(F)c2)n1. The maximum atomic E-state index is 13.3. The number of halogens is 1. The summed E-state index contributed by atoms with van der Waals surface area (Å²) >= 11 is 0. The summed E-state index contributed by atoms with van der Waals surface area (Å²) in [5, 5.41) is 0. The Labute approximate surface area is 175 Å². The Balaban J connectivity index is 1.61. The predicted molar refractivity (Wildman–Crippen MR) is 116 cm³/mol. The van der Waals surface area contributed by atoms with Crippen molar-refractivity contribution in [2.24, 2.45) is 0 Å². The van der Waals surface area contributed by atoms with E-state index in [0.29, 0.717) is 42.5 Å². The van der Waals surface area contributed by atoms with Crippen LogP contribution in [0.5, 0.6) is 5.88 Å². The Kier molecular flexibility index (Phi) is 7.16. The van der Waals surface area contributed by atoms with E-state index in [-0.39, 0.29) is 5.82 Å². The summed E-state index contributed by atoms with van der Waals surface area (Å²) in [4.78, 5) is 8.60. The minimum Gasteiger partial charge on any atom is -0.496 e. The van der Waals surface area contributed by atoms with E-state index in [1.807, 2.05) is 30.3 Å². The molecule has 0 aliphatic carbocycles. The second-order valence-electron chi connectivity index (χ2n) is 6.68. The molecular formula is C24H24FN3O2. The van der Waals surface area contributed by atoms with Crippen LogP contribution in [0.1, 0.15) is 16.8 Å². The second-order valence-corrected chi connectivity index (χ2v) is 6.68. The van der Waals surface area contributed by atoms with Gasteiger partial charge in [-0.25, -0.2) is 14.4 Å². The maximum Gasteiger partial charge on any atom is 0.213 e. The summed E-state index contributed by atoms with van der Waals surface area (Å²) in [5.41, 5.74) is 9.14. The summed E-state index contributed by atoms with van der Waals surface area (Å²) in [6.45, 7) is 4.51. The summed E-state index contributed by atoms with van der Waals surface area (Å²) in [5.74, 6) is 1.25. The van der Waals surface area contributed by atoms with E-state index in [1.54, 1.807) is 31.5 Å². The van der Waals surface area contributed by atoms with Crippen LogP contribution < -0.4 is 10.5 Å². The Morgan fingerprint density at radius 1 is 1.17 bits per heavy atom. The first-order chi connectivity index (χ1) is 14.5. The summed E-state index contributed by atoms with van der Waals surface area (Å²) in [6.07, 6.45) is 4.58. The third-order valence-electron chi connectivity index (χ3n) is 4.38. The molecule has 0 bridgehead atoms. The van der Waals surface area contributed by atoms with Gasteiger partial charge in [0.15, 0.2) is 0 Å². The molecule has 30 heavy (non-hydrogen) atoms. The zero-order chi connectivity index (χ0) is 21.3. The van der Waals surface area contributed by atoms with Crippen LogP contribution >= 0.6 is 0 Å². The van der Waals surface area contributed by atoms with Crippen molar-refractivity contribution in [1.82, 2.24) is 9.97 Å². The van der Waals surface area contributed by atoms with Crippen LogP contribution in [0.2, 0.25) is 0 Å². The Bertz CT molecular complexity index is 1050. The molecule has 5 nitrogen and oxygen atoms in total. The van der Waals surface area contributed by atoms with Gasteiger partial charge in [-0.15, -0.1) is 0 Å². The van der Waals surface area contributed by atoms with Crippen molar-refractivity contribution in [3.63, 3.8) is 0 Å². The monoisotopic (exact) mass is 405 g/mol. The number of aromatic nitrogens is 2. The molecule has 0 saturated carbocycles. The number of nitrogens with zero attached hydrogens (tertiary/aromatic N) is 2. The molecule has 154 valence electrons. The highest BCUT2D eigenvalue weighted by Gasteiger charge is 2.08. The van der Waals surface area contributed by atoms with Gasteiger partial charge in [-0.05, 0) is 47.5 Å². The molecule has 3 aromatic rings. The average Bonchev–Trinajstić information content (AvgIpc) is 2.73. The minimum absolute atomic E-state index is 0.248. The fourth-order valence-corrected chi connectivity index (χ4v) is 2.94. The number of ether oxygens (including phenoxy) is 2. The minimum atomic E-state index is -0.248. The number of pyridine rings is 2. The summed E-state index contributed by atoms with van der Waals surface area (Å²) in [6, 6.07) is 15.7. The van der Waals surface area contributed by atoms with Crippen molar-refractivity contribution in [2.75, 3.05) is 19.5 Å². The number of hydrogen-bond donors (Lipinski definition) is 1. The fraction of sp³-hybridized carbons (Fsp3) is 0.167. The predicted octanol–water partition coefficient (Wildman–Crippen LogP) is 4.61. The largest absolute Gasteiger partial charge is 0.496 e. The number of benzene rings is 1. The zero-order valence-electron chi connectivity index (χ0n) is 16.8. The van der Waals surface area contributed by atoms with Gasteiger partial charge in [-0.2, -0.15) is 0 Å². The topological polar surface area (TPSA) is 70.3 Å². The zero-order valence-corrected chi connectivity index (χ0v) is 16.8. The van der Waals surface area contributed by atoms with Gasteiger partial charge in [0.25, 0.3) is 0 Å². The molecule has 0 aliphatic heterocycles. The molecule has 2 N–H and O–H groups in total. The molecule has 0 atom stereocenters. The number of nitrogens with two attached hydrogens (primary N) is 1. The highest BCUT2D eigenvalue weighted by atomic mass is 19.1. The lowest BCUT2D eigenvalue weighted by Gasteiger charge is -2.10. The van der Waals surface area contributed by atoms with Crippen molar-refractivity contribution in [3.8, 4) is 5.88 Å². The number of anilines is 1. The summed E-state index contributed by atoms with van der Waals surface area (Å²) < 4.78 is 24.4. The third kappa shape index (κ3) is 5.91. The van der Waals surface area contributed by atoms with E-state index in [0.717, 1.165) is 16.8 Å². The van der Waals surface area contributed by atoms with Crippen LogP contribution in [0.25, 0.3) is 5.76 Å². The van der Waals surface area contributed by atoms with Crippen molar-refractivity contribution in [2.45, 2.75) is 12.8 Å². The quantitative estimate of drug-likeness (QED) is 0.416. The van der Waals surface area contributed by atoms with E-state index < -0.39 is 0 Å². The van der Waals surface area contributed by atoms with Crippen LogP contribution in [0.4, 0.5) is 10.2 Å². The molecule has 2 heterocycles. The van der Waals surface area contributed by atoms with E-state index in [9.17, 15) is 4.39 Å². The molecule has 0 unspecified atom stereocenters. The fourth-order valence-electron chi connectivity index (χ4n) is 2.94. The van der Waals surface area contributed by atoms with Crippen molar-refractivity contribution in [1.29, 1.82) is 0 Å². The van der Waals surface area contributed by atoms with Gasteiger partial charge >= 0.3 is 0 Å². The summed E-state index contributed by atoms with van der Waals surface area (Å²) in [7, 11) is 1.58. The standard InChI is InChI=1S/C24H24FN3O2/c1-17(15-22(29-2)21-9-5-12-27-24(21)26)14-20-8-4-10-23(28-20)30-13-11-18-6-3-7-19(25)16-18/h3-10,12,15-16H,1,11,13-14H2,2H3,(H2,26,27)/b22-15-. The molecule has 1 aromatic carbocycles. The number of allylic oxidation sites excluding steroid dienone is 2. The number of nitrogen functional groups attached to an aromatic ring is 1. The first-order valence-electron chi connectivity index (χ1n) is 9.52. The Morgan fingerprint density at radius 2 is 2.00 bits per heavy atom. The maximum absolute atomic E-state index is 13.3. The van der Waals surface area contributed by atoms with Gasteiger partial charge in [0.05, 0.1) is 19.3 Å². The highest BCUT2D eigenvalue weighted by Crippen LogP contribution is 2.22. The van der Waals surface area contributed by atoms with Crippen LogP contribution in [-0.4, -0.2) is 23.7 Å². The lowest BCUT2D eigenvalue weighted by molar-refractivity contribution is 0.308. The van der Waals surface area contributed by atoms with Crippen LogP contribution in [0.3, 0.4) is 0 Å². The van der Waals surface area contributed by atoms with Gasteiger partial charge in [0.1, 0.15) is 17.4 Å². The molecule has 0 spiro atoms. The average molecular weight is 405 g/mol. The lowest BCUT2D eigenvalue weighted by Crippen LogP contribution is -2.04. The van der Waals surface area contributed by atoms with Crippen LogP contribution in [0, 0.1) is 5.82 Å². The highest BCUT2D eigenvalue weighted by molar-refractivity contribution is 5.70. The van der Waals surface area contributed by atoms with E-state index in [4.69, 9.17) is 15.2 Å². The molecule has 6 heteroatoms. The first kappa shape index (κ1) is 21.0. The normalized spacial score (nSPS) is 11.2. The van der Waals surface area contributed by atoms with Crippen molar-refractivity contribution >= 4 is 11.6 Å². The molecule has 0 aliphatic rings. The Morgan fingerprint density at radius 3 is 2.77 bits per heavy atom. The van der Waals surface area contributed by atoms with Gasteiger partial charge in [-0.1, -0.05) is 24.8 Å². The number of methoxy groups -OCH3 is 1. The lowest BCUT2D eigenvalue weighted by atomic mass is 10.1. The number of hydrogen-bond acceptors (Lipinski definition) is 5. The molecular weight excluding hydrogens is 381 g/mol. The number of rotatable bonds is 9. The third-order valence-corrected chi connectivity index (χ3v) is 4.38. The smallest absolute Gasteiger partial charge is 0.213 e. The first-order valence-corrected chi connectivity index (χ1v) is 9.52. The van der Waals surface area contributed by atoms with Gasteiger partial charge in [0, 0.05) is 30.8 Å². The second kappa shape index (κ2) is 10.2. The molecule has 0 radical (unpaired) electrons. The van der Waals surface area contributed by atoms with E-state index in [2.05, 4.69) is 16.5 Å². The molecule has 0 saturated heterocycles. The van der Waals surface area contributed by atoms with Crippen molar-refractivity contribution < 1.29 is 13.9 Å². The van der Waals surface area contributed by atoms with Gasteiger partial charge in [-0.3, -0.25) is 0 Å².